The molecule has 4 rings (SSSR count). The first-order valence-corrected chi connectivity index (χ1v) is 10.4. The lowest BCUT2D eigenvalue weighted by molar-refractivity contribution is 0.0830. The molecule has 2 N–H and O–H groups in total. The van der Waals surface area contributed by atoms with Gasteiger partial charge in [-0.2, -0.15) is 0 Å². The molecule has 158 valence electrons. The second-order valence-electron chi connectivity index (χ2n) is 9.05. The van der Waals surface area contributed by atoms with Gasteiger partial charge in [-0.1, -0.05) is 17.7 Å². The number of allylic oxidation sites excluding steroid dienone is 2. The van der Waals surface area contributed by atoms with Crippen LogP contribution in [0.3, 0.4) is 0 Å². The Labute approximate surface area is 177 Å². The van der Waals surface area contributed by atoms with Crippen molar-refractivity contribution >= 4 is 5.78 Å². The highest BCUT2D eigenvalue weighted by molar-refractivity contribution is 6.03. The third kappa shape index (κ3) is 3.76. The van der Waals surface area contributed by atoms with Crippen LogP contribution in [-0.2, 0) is 12.8 Å². The number of hydrogen-bond donors (Lipinski definition) is 2. The molecule has 0 aromatic heterocycles. The largest absolute Gasteiger partial charge is 0.507 e. The van der Waals surface area contributed by atoms with Gasteiger partial charge in [0.1, 0.15) is 40.3 Å². The van der Waals surface area contributed by atoms with Gasteiger partial charge >= 0.3 is 0 Å². The van der Waals surface area contributed by atoms with E-state index in [0.717, 1.165) is 35.3 Å². The van der Waals surface area contributed by atoms with E-state index in [4.69, 9.17) is 9.47 Å². The number of phenols is 2. The molecule has 0 amide bonds. The molecule has 0 aliphatic carbocycles. The van der Waals surface area contributed by atoms with Gasteiger partial charge in [0.15, 0.2) is 5.78 Å². The molecule has 0 fully saturated rings. The lowest BCUT2D eigenvalue weighted by Crippen LogP contribution is -2.32. The number of hydrogen-bond acceptors (Lipinski definition) is 5. The van der Waals surface area contributed by atoms with Gasteiger partial charge in [-0.25, -0.2) is 0 Å². The van der Waals surface area contributed by atoms with Gasteiger partial charge in [0, 0.05) is 11.6 Å². The molecule has 30 heavy (non-hydrogen) atoms. The summed E-state index contributed by atoms with van der Waals surface area (Å²) in [5, 5.41) is 20.7. The fraction of sp³-hybridized carbons (Fsp3) is 0.400. The van der Waals surface area contributed by atoms with Crippen LogP contribution in [0.15, 0.2) is 35.9 Å². The number of aryl methyl sites for hydroxylation is 1. The monoisotopic (exact) mass is 408 g/mol. The molecule has 2 aromatic rings. The Balaban J connectivity index is 1.71. The Morgan fingerprint density at radius 3 is 2.70 bits per heavy atom. The molecule has 1 atom stereocenters. The number of aromatic hydroxyl groups is 2. The average molecular weight is 408 g/mol. The zero-order valence-electron chi connectivity index (χ0n) is 17.9. The minimum Gasteiger partial charge on any atom is -0.507 e. The van der Waals surface area contributed by atoms with E-state index in [-0.39, 0.29) is 40.6 Å². The summed E-state index contributed by atoms with van der Waals surface area (Å²) in [5.74, 6) is 0.650. The van der Waals surface area contributed by atoms with Crippen molar-refractivity contribution in [2.75, 3.05) is 0 Å². The first-order chi connectivity index (χ1) is 14.1. The molecule has 2 aliphatic heterocycles. The molecule has 5 heteroatoms. The van der Waals surface area contributed by atoms with Crippen LogP contribution in [-0.4, -0.2) is 21.6 Å². The molecule has 0 radical (unpaired) electrons. The standard InChI is InChI=1S/C25H28O5/c1-14(2)5-7-17-18(26)12-19(27)23-20(28)13-22(29-24(17)23)15-6-8-21-16(11-15)9-10-25(3,4)30-21/h5-6,8,11-12,22,26-27H,7,9-10,13H2,1-4H3. The van der Waals surface area contributed by atoms with Crippen LogP contribution < -0.4 is 9.47 Å². The van der Waals surface area contributed by atoms with Crippen molar-refractivity contribution in [3.05, 3.63) is 58.2 Å². The third-order valence-electron chi connectivity index (χ3n) is 5.80. The minimum atomic E-state index is -0.475. The highest BCUT2D eigenvalue weighted by Gasteiger charge is 2.34. The zero-order valence-corrected chi connectivity index (χ0v) is 17.9. The number of Topliss-reactive ketones (excluding diaryl/α,β-unsaturated/α-hetero) is 1. The summed E-state index contributed by atoms with van der Waals surface area (Å²) in [4.78, 5) is 12.9. The predicted octanol–water partition coefficient (Wildman–Crippen LogP) is 5.42. The molecular weight excluding hydrogens is 380 g/mol. The van der Waals surface area contributed by atoms with Gasteiger partial charge in [-0.05, 0) is 70.2 Å². The fourth-order valence-electron chi connectivity index (χ4n) is 4.09. The van der Waals surface area contributed by atoms with Crippen LogP contribution in [0.2, 0.25) is 0 Å². The summed E-state index contributed by atoms with van der Waals surface area (Å²) in [6.45, 7) is 8.09. The van der Waals surface area contributed by atoms with Crippen molar-refractivity contribution < 1.29 is 24.5 Å². The number of fused-ring (bicyclic) bond motifs is 2. The van der Waals surface area contributed by atoms with Crippen molar-refractivity contribution in [1.29, 1.82) is 0 Å². The number of carbonyl (C=O) groups is 1. The van der Waals surface area contributed by atoms with Crippen LogP contribution in [0.5, 0.6) is 23.0 Å². The minimum absolute atomic E-state index is 0.0710. The normalized spacial score (nSPS) is 19.2. The molecule has 0 saturated carbocycles. The van der Waals surface area contributed by atoms with Gasteiger partial charge in [0.25, 0.3) is 0 Å². The van der Waals surface area contributed by atoms with E-state index in [1.165, 1.54) is 6.07 Å². The topological polar surface area (TPSA) is 76.0 Å². The summed E-state index contributed by atoms with van der Waals surface area (Å²) in [6, 6.07) is 7.15. The van der Waals surface area contributed by atoms with Crippen molar-refractivity contribution in [2.24, 2.45) is 0 Å². The summed E-state index contributed by atoms with van der Waals surface area (Å²) >= 11 is 0. The lowest BCUT2D eigenvalue weighted by Gasteiger charge is -2.33. The summed E-state index contributed by atoms with van der Waals surface area (Å²) in [7, 11) is 0. The van der Waals surface area contributed by atoms with Crippen LogP contribution in [0, 0.1) is 0 Å². The quantitative estimate of drug-likeness (QED) is 0.664. The van der Waals surface area contributed by atoms with Crippen LogP contribution in [0.1, 0.15) is 73.7 Å². The fourth-order valence-corrected chi connectivity index (χ4v) is 4.09. The lowest BCUT2D eigenvalue weighted by atomic mass is 9.89. The number of carbonyl (C=O) groups excluding carboxylic acids is 1. The molecule has 5 nitrogen and oxygen atoms in total. The number of benzene rings is 2. The van der Waals surface area contributed by atoms with E-state index in [1.807, 2.05) is 38.1 Å². The van der Waals surface area contributed by atoms with Crippen LogP contribution in [0.4, 0.5) is 0 Å². The smallest absolute Gasteiger partial charge is 0.174 e. The Bertz CT molecular complexity index is 1040. The molecule has 0 spiro atoms. The zero-order chi connectivity index (χ0) is 21.6. The summed E-state index contributed by atoms with van der Waals surface area (Å²) < 4.78 is 12.3. The molecule has 2 heterocycles. The highest BCUT2D eigenvalue weighted by Crippen LogP contribution is 2.46. The van der Waals surface area contributed by atoms with Gasteiger partial charge in [0.05, 0.1) is 6.42 Å². The van der Waals surface area contributed by atoms with Gasteiger partial charge in [0.2, 0.25) is 0 Å². The van der Waals surface area contributed by atoms with Crippen LogP contribution in [0.25, 0.3) is 0 Å². The van der Waals surface area contributed by atoms with E-state index in [0.29, 0.717) is 12.0 Å². The maximum absolute atomic E-state index is 12.9. The average Bonchev–Trinajstić information content (AvgIpc) is 2.65. The van der Waals surface area contributed by atoms with Gasteiger partial charge in [-0.3, -0.25) is 4.79 Å². The van der Waals surface area contributed by atoms with Crippen LogP contribution >= 0.6 is 0 Å². The Morgan fingerprint density at radius 2 is 1.97 bits per heavy atom. The van der Waals surface area contributed by atoms with Gasteiger partial charge < -0.3 is 19.7 Å². The van der Waals surface area contributed by atoms with E-state index in [9.17, 15) is 15.0 Å². The van der Waals surface area contributed by atoms with Crippen molar-refractivity contribution in [3.8, 4) is 23.0 Å². The molecule has 0 bridgehead atoms. The maximum atomic E-state index is 12.9. The molecule has 2 aromatic carbocycles. The molecule has 0 saturated heterocycles. The van der Waals surface area contributed by atoms with Crippen molar-refractivity contribution in [1.82, 2.24) is 0 Å². The Morgan fingerprint density at radius 1 is 1.20 bits per heavy atom. The SMILES string of the molecule is CC(C)=CCc1c(O)cc(O)c2c1OC(c1ccc3c(c1)CCC(C)(C)O3)CC2=O. The Kier molecular flexibility index (Phi) is 5.00. The van der Waals surface area contributed by atoms with Gasteiger partial charge in [-0.15, -0.1) is 0 Å². The van der Waals surface area contributed by atoms with E-state index in [2.05, 4.69) is 13.8 Å². The second kappa shape index (κ2) is 7.38. The predicted molar refractivity (Wildman–Crippen MR) is 115 cm³/mol. The summed E-state index contributed by atoms with van der Waals surface area (Å²) in [6.07, 6.45) is 3.87. The van der Waals surface area contributed by atoms with E-state index >= 15 is 0 Å². The van der Waals surface area contributed by atoms with Crippen molar-refractivity contribution in [2.45, 2.75) is 65.1 Å². The molecular formula is C25H28O5. The Hall–Kier alpha value is -2.95. The first kappa shape index (κ1) is 20.3. The number of ether oxygens (including phenoxy) is 2. The summed E-state index contributed by atoms with van der Waals surface area (Å²) in [5.41, 5.74) is 3.59. The van der Waals surface area contributed by atoms with E-state index in [1.54, 1.807) is 0 Å². The molecule has 1 unspecified atom stereocenters. The number of phenolic OH excluding ortho intramolecular Hbond substituents is 2. The first-order valence-electron chi connectivity index (χ1n) is 10.4. The highest BCUT2D eigenvalue weighted by atomic mass is 16.5. The van der Waals surface area contributed by atoms with E-state index < -0.39 is 6.10 Å². The van der Waals surface area contributed by atoms with Crippen molar-refractivity contribution in [3.63, 3.8) is 0 Å². The molecule has 2 aliphatic rings. The number of ketones is 1. The maximum Gasteiger partial charge on any atom is 0.174 e. The second-order valence-corrected chi connectivity index (χ2v) is 9.05. The number of rotatable bonds is 3. The third-order valence-corrected chi connectivity index (χ3v) is 5.80.